The van der Waals surface area contributed by atoms with E-state index in [2.05, 4.69) is 41.6 Å². The van der Waals surface area contributed by atoms with Crippen molar-refractivity contribution in [2.45, 2.75) is 32.8 Å². The zero-order valence-electron chi connectivity index (χ0n) is 13.4. The standard InChI is InChI=1S/C17H21N3O2S/c1-11-5-6-13(8-12(11)2)19-17-20-15(10-23-17)16(21)18-9-14-4-3-7-22-14/h5-6,8,10,14H,3-4,7,9H2,1-2H3,(H,18,21)(H,19,20). The number of carbonyl (C=O) groups is 1. The molecule has 1 unspecified atom stereocenters. The van der Waals surface area contributed by atoms with Gasteiger partial charge in [-0.1, -0.05) is 6.07 Å². The molecule has 0 saturated carbocycles. The largest absolute Gasteiger partial charge is 0.376 e. The molecule has 1 aliphatic rings. The zero-order valence-corrected chi connectivity index (χ0v) is 14.2. The van der Waals surface area contributed by atoms with Crippen molar-refractivity contribution < 1.29 is 9.53 Å². The van der Waals surface area contributed by atoms with Gasteiger partial charge in [0.2, 0.25) is 0 Å². The van der Waals surface area contributed by atoms with Gasteiger partial charge in [-0.3, -0.25) is 4.79 Å². The van der Waals surface area contributed by atoms with Crippen LogP contribution in [0.25, 0.3) is 0 Å². The number of hydrogen-bond acceptors (Lipinski definition) is 5. The summed E-state index contributed by atoms with van der Waals surface area (Å²) >= 11 is 1.43. The van der Waals surface area contributed by atoms with Crippen LogP contribution in [0.3, 0.4) is 0 Å². The van der Waals surface area contributed by atoms with Gasteiger partial charge in [-0.2, -0.15) is 0 Å². The summed E-state index contributed by atoms with van der Waals surface area (Å²) in [6.07, 6.45) is 2.23. The van der Waals surface area contributed by atoms with Gasteiger partial charge in [0.25, 0.3) is 5.91 Å². The van der Waals surface area contributed by atoms with Gasteiger partial charge in [0.15, 0.2) is 5.13 Å². The maximum absolute atomic E-state index is 12.1. The topological polar surface area (TPSA) is 63.2 Å². The highest BCUT2D eigenvalue weighted by atomic mass is 32.1. The van der Waals surface area contributed by atoms with Crippen LogP contribution in [0, 0.1) is 13.8 Å². The van der Waals surface area contributed by atoms with Crippen LogP contribution in [0.2, 0.25) is 0 Å². The lowest BCUT2D eigenvalue weighted by molar-refractivity contribution is 0.0854. The summed E-state index contributed by atoms with van der Waals surface area (Å²) < 4.78 is 5.50. The van der Waals surface area contributed by atoms with Gasteiger partial charge < -0.3 is 15.4 Å². The van der Waals surface area contributed by atoms with Gasteiger partial charge in [-0.15, -0.1) is 11.3 Å². The third kappa shape index (κ3) is 4.09. The first-order valence-corrected chi connectivity index (χ1v) is 8.69. The van der Waals surface area contributed by atoms with Crippen LogP contribution >= 0.6 is 11.3 Å². The third-order valence-corrected chi connectivity index (χ3v) is 4.77. The molecule has 1 aliphatic heterocycles. The molecular weight excluding hydrogens is 310 g/mol. The lowest BCUT2D eigenvalue weighted by atomic mass is 10.1. The van der Waals surface area contributed by atoms with Gasteiger partial charge >= 0.3 is 0 Å². The number of nitrogens with one attached hydrogen (secondary N) is 2. The number of hydrogen-bond donors (Lipinski definition) is 2. The van der Waals surface area contributed by atoms with Crippen LogP contribution in [0.4, 0.5) is 10.8 Å². The second kappa shape index (κ2) is 7.10. The average Bonchev–Trinajstić information content (AvgIpc) is 3.20. The van der Waals surface area contributed by atoms with Gasteiger partial charge in [-0.05, 0) is 49.9 Å². The first kappa shape index (κ1) is 16.0. The molecule has 0 bridgehead atoms. The molecule has 1 saturated heterocycles. The summed E-state index contributed by atoms with van der Waals surface area (Å²) in [6.45, 7) is 5.50. The van der Waals surface area contributed by atoms with Crippen LogP contribution < -0.4 is 10.6 Å². The van der Waals surface area contributed by atoms with Crippen molar-refractivity contribution in [1.82, 2.24) is 10.3 Å². The van der Waals surface area contributed by atoms with E-state index in [1.165, 1.54) is 22.5 Å². The van der Waals surface area contributed by atoms with E-state index >= 15 is 0 Å². The Morgan fingerprint density at radius 2 is 2.26 bits per heavy atom. The van der Waals surface area contributed by atoms with E-state index in [0.29, 0.717) is 12.2 Å². The molecule has 1 aromatic carbocycles. The summed E-state index contributed by atoms with van der Waals surface area (Å²) in [7, 11) is 0. The minimum absolute atomic E-state index is 0.144. The molecule has 1 aromatic heterocycles. The number of benzene rings is 1. The normalized spacial score (nSPS) is 17.2. The number of aromatic nitrogens is 1. The van der Waals surface area contributed by atoms with Crippen LogP contribution in [-0.4, -0.2) is 30.1 Å². The van der Waals surface area contributed by atoms with E-state index in [1.54, 1.807) is 5.38 Å². The molecule has 2 heterocycles. The Bertz CT molecular complexity index is 693. The van der Waals surface area contributed by atoms with Crippen molar-refractivity contribution in [1.29, 1.82) is 0 Å². The van der Waals surface area contributed by atoms with Crippen LogP contribution in [-0.2, 0) is 4.74 Å². The molecule has 5 nitrogen and oxygen atoms in total. The minimum atomic E-state index is -0.148. The number of rotatable bonds is 5. The van der Waals surface area contributed by atoms with Crippen molar-refractivity contribution in [3.05, 3.63) is 40.4 Å². The highest BCUT2D eigenvalue weighted by Crippen LogP contribution is 2.22. The SMILES string of the molecule is Cc1ccc(Nc2nc(C(=O)NCC3CCCO3)cs2)cc1C. The zero-order chi connectivity index (χ0) is 16.2. The Hall–Kier alpha value is -1.92. The molecule has 3 rings (SSSR count). The van der Waals surface area contributed by atoms with E-state index in [0.717, 1.165) is 30.3 Å². The Morgan fingerprint density at radius 1 is 1.39 bits per heavy atom. The summed E-state index contributed by atoms with van der Waals surface area (Å²) in [5.41, 5.74) is 3.90. The predicted molar refractivity (Wildman–Crippen MR) is 92.6 cm³/mol. The monoisotopic (exact) mass is 331 g/mol. The number of thiazole rings is 1. The van der Waals surface area contributed by atoms with Gasteiger partial charge in [0.1, 0.15) is 5.69 Å². The molecule has 0 radical (unpaired) electrons. The fraction of sp³-hybridized carbons (Fsp3) is 0.412. The molecule has 0 aliphatic carbocycles. The fourth-order valence-electron chi connectivity index (χ4n) is 2.48. The molecular formula is C17H21N3O2S. The second-order valence-corrected chi connectivity index (χ2v) is 6.67. The average molecular weight is 331 g/mol. The lowest BCUT2D eigenvalue weighted by Crippen LogP contribution is -2.31. The van der Waals surface area contributed by atoms with E-state index in [4.69, 9.17) is 4.74 Å². The highest BCUT2D eigenvalue weighted by molar-refractivity contribution is 7.14. The van der Waals surface area contributed by atoms with E-state index in [9.17, 15) is 4.79 Å². The molecule has 1 atom stereocenters. The Balaban J connectivity index is 1.58. The minimum Gasteiger partial charge on any atom is -0.376 e. The third-order valence-electron chi connectivity index (χ3n) is 4.01. The van der Waals surface area contributed by atoms with Crippen molar-refractivity contribution in [2.75, 3.05) is 18.5 Å². The maximum Gasteiger partial charge on any atom is 0.270 e. The van der Waals surface area contributed by atoms with Crippen molar-refractivity contribution in [3.8, 4) is 0 Å². The predicted octanol–water partition coefficient (Wildman–Crippen LogP) is 3.41. The number of anilines is 2. The van der Waals surface area contributed by atoms with Crippen LogP contribution in [0.5, 0.6) is 0 Å². The molecule has 1 fully saturated rings. The van der Waals surface area contributed by atoms with Crippen molar-refractivity contribution in [2.24, 2.45) is 0 Å². The Labute approximate surface area is 140 Å². The van der Waals surface area contributed by atoms with Gasteiger partial charge in [0, 0.05) is 24.2 Å². The summed E-state index contributed by atoms with van der Waals surface area (Å²) in [5, 5.41) is 8.62. The Morgan fingerprint density at radius 3 is 3.00 bits per heavy atom. The molecule has 1 amide bonds. The smallest absolute Gasteiger partial charge is 0.270 e. The molecule has 122 valence electrons. The van der Waals surface area contributed by atoms with Crippen molar-refractivity contribution >= 4 is 28.1 Å². The first-order valence-electron chi connectivity index (χ1n) is 7.81. The molecule has 0 spiro atoms. The first-order chi connectivity index (χ1) is 11.1. The van der Waals surface area contributed by atoms with Crippen LogP contribution in [0.15, 0.2) is 23.6 Å². The lowest BCUT2D eigenvalue weighted by Gasteiger charge is -2.09. The maximum atomic E-state index is 12.1. The molecule has 6 heteroatoms. The summed E-state index contributed by atoms with van der Waals surface area (Å²) in [5.74, 6) is -0.148. The molecule has 2 N–H and O–H groups in total. The quantitative estimate of drug-likeness (QED) is 0.881. The van der Waals surface area contributed by atoms with E-state index in [1.807, 2.05) is 6.07 Å². The number of ether oxygens (including phenoxy) is 1. The molecule has 2 aromatic rings. The molecule has 23 heavy (non-hydrogen) atoms. The fourth-order valence-corrected chi connectivity index (χ4v) is 3.19. The number of amides is 1. The van der Waals surface area contributed by atoms with Crippen molar-refractivity contribution in [3.63, 3.8) is 0 Å². The Kier molecular flexibility index (Phi) is 4.93. The number of carbonyl (C=O) groups excluding carboxylic acids is 1. The van der Waals surface area contributed by atoms with E-state index in [-0.39, 0.29) is 12.0 Å². The number of aryl methyl sites for hydroxylation is 2. The summed E-state index contributed by atoms with van der Waals surface area (Å²) in [4.78, 5) is 16.5. The van der Waals surface area contributed by atoms with E-state index < -0.39 is 0 Å². The number of nitrogens with zero attached hydrogens (tertiary/aromatic N) is 1. The van der Waals surface area contributed by atoms with Crippen LogP contribution in [0.1, 0.15) is 34.5 Å². The van der Waals surface area contributed by atoms with Gasteiger partial charge in [-0.25, -0.2) is 4.98 Å². The summed E-state index contributed by atoms with van der Waals surface area (Å²) in [6, 6.07) is 6.16. The highest BCUT2D eigenvalue weighted by Gasteiger charge is 2.17. The second-order valence-electron chi connectivity index (χ2n) is 5.81. The van der Waals surface area contributed by atoms with Gasteiger partial charge in [0.05, 0.1) is 6.10 Å².